The zero-order valence-corrected chi connectivity index (χ0v) is 10.9. The van der Waals surface area contributed by atoms with Gasteiger partial charge in [-0.2, -0.15) is 23.7 Å². The van der Waals surface area contributed by atoms with Gasteiger partial charge >= 0.3 is 6.18 Å². The summed E-state index contributed by atoms with van der Waals surface area (Å²) in [6, 6.07) is 3.36. The summed E-state index contributed by atoms with van der Waals surface area (Å²) in [6.07, 6.45) is -3.49. The van der Waals surface area contributed by atoms with E-state index in [1.54, 1.807) is 0 Å². The molecule has 0 aliphatic carbocycles. The van der Waals surface area contributed by atoms with Crippen molar-refractivity contribution >= 4 is 11.6 Å². The van der Waals surface area contributed by atoms with Gasteiger partial charge in [-0.05, 0) is 6.07 Å². The molecule has 0 aromatic carbocycles. The molecule has 0 amide bonds. The van der Waals surface area contributed by atoms with Crippen molar-refractivity contribution in [3.63, 3.8) is 0 Å². The predicted octanol–water partition coefficient (Wildman–Crippen LogP) is 1.34. The van der Waals surface area contributed by atoms with E-state index in [0.717, 1.165) is 6.20 Å². The van der Waals surface area contributed by atoms with Crippen molar-refractivity contribution < 1.29 is 18.3 Å². The predicted molar refractivity (Wildman–Crippen MR) is 64.8 cm³/mol. The van der Waals surface area contributed by atoms with Crippen LogP contribution < -0.4 is 11.3 Å². The van der Waals surface area contributed by atoms with Crippen molar-refractivity contribution in [2.45, 2.75) is 11.8 Å². The van der Waals surface area contributed by atoms with Crippen molar-refractivity contribution in [1.29, 1.82) is 10.5 Å². The molecule has 0 bridgehead atoms. The fourth-order valence-corrected chi connectivity index (χ4v) is 1.70. The minimum Gasteiger partial charge on any atom is -0.366 e. The van der Waals surface area contributed by atoms with Crippen LogP contribution in [-0.2, 0) is 11.8 Å². The van der Waals surface area contributed by atoms with Gasteiger partial charge in [-0.25, -0.2) is 0 Å². The van der Waals surface area contributed by atoms with Crippen LogP contribution in [0.5, 0.6) is 0 Å². The maximum Gasteiger partial charge on any atom is 0.417 e. The Labute approximate surface area is 121 Å². The van der Waals surface area contributed by atoms with Crippen LogP contribution in [-0.4, -0.2) is 10.1 Å². The Balaban J connectivity index is 3.48. The summed E-state index contributed by atoms with van der Waals surface area (Å²) >= 11 is 5.64. The van der Waals surface area contributed by atoms with E-state index in [4.69, 9.17) is 28.0 Å². The van der Waals surface area contributed by atoms with Crippen molar-refractivity contribution in [3.8, 4) is 12.1 Å². The third-order valence-corrected chi connectivity index (χ3v) is 2.70. The van der Waals surface area contributed by atoms with Crippen molar-refractivity contribution in [3.05, 3.63) is 40.3 Å². The number of pyridine rings is 1. The number of aromatic nitrogens is 1. The Bertz CT molecular complexity index is 661. The van der Waals surface area contributed by atoms with Gasteiger partial charge in [-0.1, -0.05) is 11.6 Å². The number of hydrogen-bond donors (Lipinski definition) is 3. The number of nitrogens with two attached hydrogens (primary N) is 1. The van der Waals surface area contributed by atoms with Gasteiger partial charge in [0.15, 0.2) is 0 Å². The third kappa shape index (κ3) is 3.23. The third-order valence-electron chi connectivity index (χ3n) is 2.41. The fourth-order valence-electron chi connectivity index (χ4n) is 1.40. The summed E-state index contributed by atoms with van der Waals surface area (Å²) in [5, 5.41) is 27.5. The molecule has 1 aromatic rings. The van der Waals surface area contributed by atoms with E-state index in [9.17, 15) is 18.3 Å². The number of nitrogens with one attached hydrogen (secondary N) is 1. The molecule has 0 aliphatic heterocycles. The number of hydrazine groups is 1. The van der Waals surface area contributed by atoms with Crippen LogP contribution in [0.3, 0.4) is 0 Å². The molecule has 0 saturated carbocycles. The maximum absolute atomic E-state index is 12.5. The lowest BCUT2D eigenvalue weighted by molar-refractivity contribution is -0.137. The van der Waals surface area contributed by atoms with Crippen LogP contribution >= 0.6 is 11.6 Å². The molecule has 0 radical (unpaired) electrons. The normalized spacial score (nSPS) is 14.8. The molecule has 0 saturated heterocycles. The molecule has 4 N–H and O–H groups in total. The summed E-state index contributed by atoms with van der Waals surface area (Å²) in [5.41, 5.74) is -3.05. The molecule has 1 atom stereocenters. The van der Waals surface area contributed by atoms with Crippen LogP contribution in [0.1, 0.15) is 11.3 Å². The molecule has 110 valence electrons. The molecule has 1 aromatic heterocycles. The van der Waals surface area contributed by atoms with Gasteiger partial charge in [-0.3, -0.25) is 10.8 Å². The molecule has 21 heavy (non-hydrogen) atoms. The van der Waals surface area contributed by atoms with Gasteiger partial charge in [0.2, 0.25) is 5.60 Å². The first kappa shape index (κ1) is 16.7. The molecule has 6 nitrogen and oxygen atoms in total. The van der Waals surface area contributed by atoms with E-state index in [0.29, 0.717) is 12.3 Å². The summed E-state index contributed by atoms with van der Waals surface area (Å²) in [6.45, 7) is 0. The number of nitriles is 2. The second-order valence-electron chi connectivity index (χ2n) is 3.71. The van der Waals surface area contributed by atoms with Crippen molar-refractivity contribution in [1.82, 2.24) is 10.4 Å². The van der Waals surface area contributed by atoms with E-state index in [1.807, 2.05) is 5.43 Å². The average molecular weight is 318 g/mol. The van der Waals surface area contributed by atoms with Gasteiger partial charge in [-0.15, -0.1) is 0 Å². The number of alkyl halides is 3. The molecule has 10 heteroatoms. The van der Waals surface area contributed by atoms with Crippen molar-refractivity contribution in [2.75, 3.05) is 0 Å². The standard InChI is InChI=1S/C11H7ClF3N5O/c12-8-1-6(11(13,14)15)3-19-9(8)10(21,5-17)7(2-16)4-20-18/h1,3-4,20-21H,18H2. The number of nitrogens with zero attached hydrogens (tertiary/aromatic N) is 3. The van der Waals surface area contributed by atoms with E-state index in [-0.39, 0.29) is 0 Å². The van der Waals surface area contributed by atoms with Gasteiger partial charge in [0, 0.05) is 12.4 Å². The highest BCUT2D eigenvalue weighted by Crippen LogP contribution is 2.36. The van der Waals surface area contributed by atoms with Gasteiger partial charge in [0.05, 0.1) is 16.2 Å². The topological polar surface area (TPSA) is 119 Å². The second-order valence-corrected chi connectivity index (χ2v) is 4.12. The largest absolute Gasteiger partial charge is 0.417 e. The Hall–Kier alpha value is -2.33. The smallest absolute Gasteiger partial charge is 0.366 e. The van der Waals surface area contributed by atoms with Crippen LogP contribution in [0, 0.1) is 22.7 Å². The number of halogens is 4. The SMILES string of the molecule is N#CC(=CNN)C(O)(C#N)c1ncc(C(F)(F)F)cc1Cl. The van der Waals surface area contributed by atoms with E-state index in [2.05, 4.69) is 4.98 Å². The first-order valence-electron chi connectivity index (χ1n) is 5.14. The summed E-state index contributed by atoms with van der Waals surface area (Å²) < 4.78 is 37.5. The molecule has 0 aliphatic rings. The Morgan fingerprint density at radius 2 is 2.10 bits per heavy atom. The minimum absolute atomic E-state index is 0.397. The lowest BCUT2D eigenvalue weighted by Gasteiger charge is -2.20. The van der Waals surface area contributed by atoms with E-state index < -0.39 is 33.6 Å². The lowest BCUT2D eigenvalue weighted by atomic mass is 9.92. The zero-order valence-electron chi connectivity index (χ0n) is 10.1. The van der Waals surface area contributed by atoms with Crippen LogP contribution in [0.25, 0.3) is 0 Å². The lowest BCUT2D eigenvalue weighted by Crippen LogP contribution is -2.30. The maximum atomic E-state index is 12.5. The minimum atomic E-state index is -4.69. The van der Waals surface area contributed by atoms with Crippen LogP contribution in [0.2, 0.25) is 5.02 Å². The van der Waals surface area contributed by atoms with Crippen LogP contribution in [0.4, 0.5) is 13.2 Å². The van der Waals surface area contributed by atoms with Gasteiger partial charge in [0.25, 0.3) is 0 Å². The highest BCUT2D eigenvalue weighted by molar-refractivity contribution is 6.31. The molecule has 1 unspecified atom stereocenters. The fraction of sp³-hybridized carbons (Fsp3) is 0.182. The van der Waals surface area contributed by atoms with E-state index in [1.165, 1.54) is 12.1 Å². The summed E-state index contributed by atoms with van der Waals surface area (Å²) in [4.78, 5) is 3.35. The second kappa shape index (κ2) is 5.97. The van der Waals surface area contributed by atoms with Gasteiger partial charge in [0.1, 0.15) is 17.8 Å². The number of hydrogen-bond acceptors (Lipinski definition) is 6. The Morgan fingerprint density at radius 3 is 2.48 bits per heavy atom. The van der Waals surface area contributed by atoms with Crippen molar-refractivity contribution in [2.24, 2.45) is 5.84 Å². The molecule has 0 spiro atoms. The highest BCUT2D eigenvalue weighted by atomic mass is 35.5. The first-order chi connectivity index (χ1) is 9.70. The molecular formula is C11H7ClF3N5O. The Morgan fingerprint density at radius 1 is 1.48 bits per heavy atom. The molecule has 0 fully saturated rings. The highest BCUT2D eigenvalue weighted by Gasteiger charge is 2.40. The molecule has 1 heterocycles. The average Bonchev–Trinajstić information content (AvgIpc) is 2.42. The summed E-state index contributed by atoms with van der Waals surface area (Å²) in [5.74, 6) is 4.95. The Kier molecular flexibility index (Phi) is 4.76. The zero-order chi connectivity index (χ0) is 16.3. The van der Waals surface area contributed by atoms with Crippen LogP contribution in [0.15, 0.2) is 24.0 Å². The monoisotopic (exact) mass is 317 g/mol. The first-order valence-corrected chi connectivity index (χ1v) is 5.52. The van der Waals surface area contributed by atoms with E-state index >= 15 is 0 Å². The quantitative estimate of drug-likeness (QED) is 0.335. The van der Waals surface area contributed by atoms with Gasteiger partial charge < -0.3 is 10.5 Å². The number of rotatable bonds is 3. The molecule has 1 rings (SSSR count). The summed E-state index contributed by atoms with van der Waals surface area (Å²) in [7, 11) is 0. The number of aliphatic hydroxyl groups is 1. The molecular weight excluding hydrogens is 311 g/mol.